The SMILES string of the molecule is CC(C)(C)OC(=O)N1C[C@@H](CN)[C@H](c2ccccc2F)C1. The number of carbonyl (C=O) groups is 1. The summed E-state index contributed by atoms with van der Waals surface area (Å²) in [5, 5.41) is 0. The number of rotatable bonds is 2. The standard InChI is InChI=1S/C16H23FN2O2/c1-16(2,3)21-15(20)19-9-11(8-18)13(10-19)12-6-4-5-7-14(12)17/h4-7,11,13H,8-10,18H2,1-3H3/t11-,13-/m1/s1. The van der Waals surface area contributed by atoms with Crippen LogP contribution in [0.25, 0.3) is 0 Å². The molecule has 1 aromatic carbocycles. The van der Waals surface area contributed by atoms with Crippen molar-refractivity contribution in [3.63, 3.8) is 0 Å². The number of hydrogen-bond donors (Lipinski definition) is 1. The Balaban J connectivity index is 2.15. The Morgan fingerprint density at radius 3 is 2.62 bits per heavy atom. The average Bonchev–Trinajstić information content (AvgIpc) is 2.81. The molecule has 1 fully saturated rings. The van der Waals surface area contributed by atoms with E-state index in [9.17, 15) is 9.18 Å². The van der Waals surface area contributed by atoms with E-state index in [1.165, 1.54) is 6.07 Å². The van der Waals surface area contributed by atoms with Gasteiger partial charge in [-0.2, -0.15) is 0 Å². The Morgan fingerprint density at radius 1 is 1.38 bits per heavy atom. The highest BCUT2D eigenvalue weighted by Crippen LogP contribution is 2.34. The molecule has 1 aliphatic rings. The van der Waals surface area contributed by atoms with Gasteiger partial charge in [-0.15, -0.1) is 0 Å². The number of halogens is 1. The molecule has 2 N–H and O–H groups in total. The van der Waals surface area contributed by atoms with Gasteiger partial charge in [0.2, 0.25) is 0 Å². The predicted octanol–water partition coefficient (Wildman–Crippen LogP) is 2.73. The lowest BCUT2D eigenvalue weighted by Crippen LogP contribution is -2.35. The third kappa shape index (κ3) is 3.73. The summed E-state index contributed by atoms with van der Waals surface area (Å²) >= 11 is 0. The van der Waals surface area contributed by atoms with Crippen LogP contribution >= 0.6 is 0 Å². The maximum atomic E-state index is 14.0. The number of carbonyl (C=O) groups excluding carboxylic acids is 1. The quantitative estimate of drug-likeness (QED) is 0.912. The van der Waals surface area contributed by atoms with Crippen molar-refractivity contribution in [2.24, 2.45) is 11.7 Å². The zero-order chi connectivity index (χ0) is 15.6. The molecule has 1 amide bonds. The molecule has 0 saturated carbocycles. The van der Waals surface area contributed by atoms with E-state index in [4.69, 9.17) is 10.5 Å². The lowest BCUT2D eigenvalue weighted by Gasteiger charge is -2.24. The molecule has 2 atom stereocenters. The number of hydrogen-bond acceptors (Lipinski definition) is 3. The Kier molecular flexibility index (Phi) is 4.52. The molecule has 0 aromatic heterocycles. The fourth-order valence-corrected chi connectivity index (χ4v) is 2.71. The van der Waals surface area contributed by atoms with Crippen molar-refractivity contribution in [3.8, 4) is 0 Å². The molecular formula is C16H23FN2O2. The van der Waals surface area contributed by atoms with Gasteiger partial charge in [0.1, 0.15) is 11.4 Å². The minimum atomic E-state index is -0.536. The average molecular weight is 294 g/mol. The van der Waals surface area contributed by atoms with E-state index >= 15 is 0 Å². The Labute approximate surface area is 125 Å². The molecule has 0 bridgehead atoms. The van der Waals surface area contributed by atoms with Gasteiger partial charge in [0.05, 0.1) is 0 Å². The topological polar surface area (TPSA) is 55.6 Å². The van der Waals surface area contributed by atoms with Gasteiger partial charge in [0.15, 0.2) is 0 Å². The molecule has 1 aliphatic heterocycles. The van der Waals surface area contributed by atoms with E-state index in [1.807, 2.05) is 26.8 Å². The molecule has 1 heterocycles. The minimum Gasteiger partial charge on any atom is -0.444 e. The highest BCUT2D eigenvalue weighted by atomic mass is 19.1. The van der Waals surface area contributed by atoms with Crippen LogP contribution in [0, 0.1) is 11.7 Å². The van der Waals surface area contributed by atoms with Gasteiger partial charge in [-0.25, -0.2) is 9.18 Å². The molecule has 1 saturated heterocycles. The lowest BCUT2D eigenvalue weighted by atomic mass is 9.89. The fraction of sp³-hybridized carbons (Fsp3) is 0.562. The van der Waals surface area contributed by atoms with Crippen molar-refractivity contribution in [2.75, 3.05) is 19.6 Å². The summed E-state index contributed by atoms with van der Waals surface area (Å²) in [6.45, 7) is 6.85. The van der Waals surface area contributed by atoms with Crippen LogP contribution in [0.2, 0.25) is 0 Å². The molecule has 0 spiro atoms. The van der Waals surface area contributed by atoms with E-state index in [1.54, 1.807) is 17.0 Å². The van der Waals surface area contributed by atoms with Gasteiger partial charge in [-0.1, -0.05) is 18.2 Å². The molecule has 1 aromatic rings. The van der Waals surface area contributed by atoms with Gasteiger partial charge < -0.3 is 15.4 Å². The maximum Gasteiger partial charge on any atom is 0.410 e. The predicted molar refractivity (Wildman–Crippen MR) is 79.5 cm³/mol. The second kappa shape index (κ2) is 6.02. The van der Waals surface area contributed by atoms with Crippen LogP contribution in [0.4, 0.5) is 9.18 Å². The summed E-state index contributed by atoms with van der Waals surface area (Å²) in [5.41, 5.74) is 5.89. The fourth-order valence-electron chi connectivity index (χ4n) is 2.71. The molecule has 4 nitrogen and oxygen atoms in total. The smallest absolute Gasteiger partial charge is 0.410 e. The number of nitrogens with zero attached hydrogens (tertiary/aromatic N) is 1. The summed E-state index contributed by atoms with van der Waals surface area (Å²) in [7, 11) is 0. The summed E-state index contributed by atoms with van der Waals surface area (Å²) < 4.78 is 19.4. The summed E-state index contributed by atoms with van der Waals surface area (Å²) in [4.78, 5) is 13.8. The van der Waals surface area contributed by atoms with E-state index < -0.39 is 5.60 Å². The Bertz CT molecular complexity index is 513. The van der Waals surface area contributed by atoms with Crippen LogP contribution < -0.4 is 5.73 Å². The first-order chi connectivity index (χ1) is 9.81. The van der Waals surface area contributed by atoms with Gasteiger partial charge in [0, 0.05) is 19.0 Å². The van der Waals surface area contributed by atoms with Crippen LogP contribution in [0.1, 0.15) is 32.3 Å². The first kappa shape index (κ1) is 15.8. The highest BCUT2D eigenvalue weighted by Gasteiger charge is 2.38. The van der Waals surface area contributed by atoms with Crippen molar-refractivity contribution in [3.05, 3.63) is 35.6 Å². The van der Waals surface area contributed by atoms with Crippen molar-refractivity contribution >= 4 is 6.09 Å². The second-order valence-corrected chi connectivity index (χ2v) is 6.51. The van der Waals surface area contributed by atoms with E-state index in [2.05, 4.69) is 0 Å². The summed E-state index contributed by atoms with van der Waals surface area (Å²) in [6.07, 6.45) is -0.361. The maximum absolute atomic E-state index is 14.0. The molecule has 0 unspecified atom stereocenters. The second-order valence-electron chi connectivity index (χ2n) is 6.51. The van der Waals surface area contributed by atoms with Crippen LogP contribution in [-0.2, 0) is 4.74 Å². The van der Waals surface area contributed by atoms with E-state index in [0.29, 0.717) is 25.2 Å². The Morgan fingerprint density at radius 2 is 2.05 bits per heavy atom. The molecule has 21 heavy (non-hydrogen) atoms. The van der Waals surface area contributed by atoms with E-state index in [-0.39, 0.29) is 23.7 Å². The number of likely N-dealkylation sites (tertiary alicyclic amines) is 1. The Hall–Kier alpha value is -1.62. The van der Waals surface area contributed by atoms with Gasteiger partial charge in [-0.3, -0.25) is 0 Å². The third-order valence-electron chi connectivity index (χ3n) is 3.70. The zero-order valence-electron chi connectivity index (χ0n) is 12.8. The van der Waals surface area contributed by atoms with Crippen LogP contribution in [-0.4, -0.2) is 36.2 Å². The highest BCUT2D eigenvalue weighted by molar-refractivity contribution is 5.68. The van der Waals surface area contributed by atoms with Gasteiger partial charge in [-0.05, 0) is 44.9 Å². The number of benzene rings is 1. The van der Waals surface area contributed by atoms with Crippen molar-refractivity contribution < 1.29 is 13.9 Å². The number of ether oxygens (including phenoxy) is 1. The van der Waals surface area contributed by atoms with Crippen LogP contribution in [0.3, 0.4) is 0 Å². The van der Waals surface area contributed by atoms with Crippen LogP contribution in [0.5, 0.6) is 0 Å². The van der Waals surface area contributed by atoms with Crippen molar-refractivity contribution in [1.82, 2.24) is 4.90 Å². The number of nitrogens with two attached hydrogens (primary N) is 1. The minimum absolute atomic E-state index is 0.0504. The first-order valence-corrected chi connectivity index (χ1v) is 7.24. The molecule has 0 aliphatic carbocycles. The van der Waals surface area contributed by atoms with Gasteiger partial charge in [0.25, 0.3) is 0 Å². The van der Waals surface area contributed by atoms with Gasteiger partial charge >= 0.3 is 6.09 Å². The third-order valence-corrected chi connectivity index (χ3v) is 3.70. The largest absolute Gasteiger partial charge is 0.444 e. The molecule has 0 radical (unpaired) electrons. The summed E-state index contributed by atoms with van der Waals surface area (Å²) in [6, 6.07) is 6.68. The number of amides is 1. The molecule has 116 valence electrons. The van der Waals surface area contributed by atoms with E-state index in [0.717, 1.165) is 0 Å². The van der Waals surface area contributed by atoms with Crippen molar-refractivity contribution in [1.29, 1.82) is 0 Å². The van der Waals surface area contributed by atoms with Crippen LogP contribution in [0.15, 0.2) is 24.3 Å². The van der Waals surface area contributed by atoms with Crippen molar-refractivity contribution in [2.45, 2.75) is 32.3 Å². The molecule has 5 heteroatoms. The lowest BCUT2D eigenvalue weighted by molar-refractivity contribution is 0.0287. The zero-order valence-corrected chi connectivity index (χ0v) is 12.8. The molecule has 2 rings (SSSR count). The summed E-state index contributed by atoms with van der Waals surface area (Å²) in [5.74, 6) is -0.273. The monoisotopic (exact) mass is 294 g/mol. The first-order valence-electron chi connectivity index (χ1n) is 7.24. The molecular weight excluding hydrogens is 271 g/mol. The normalized spacial score (nSPS) is 22.4.